The molecule has 0 unspecified atom stereocenters. The van der Waals surface area contributed by atoms with E-state index in [1.807, 2.05) is 65.3 Å². The summed E-state index contributed by atoms with van der Waals surface area (Å²) < 4.78 is 0.460. The van der Waals surface area contributed by atoms with Gasteiger partial charge in [-0.1, -0.05) is 41.9 Å². The normalized spacial score (nSPS) is 14.8. The molecule has 1 aromatic heterocycles. The molecule has 7 heteroatoms. The van der Waals surface area contributed by atoms with Crippen LogP contribution in [0.3, 0.4) is 0 Å². The predicted molar refractivity (Wildman–Crippen MR) is 124 cm³/mol. The van der Waals surface area contributed by atoms with Crippen molar-refractivity contribution in [2.24, 2.45) is 0 Å². The highest BCUT2D eigenvalue weighted by molar-refractivity contribution is 8.16. The predicted octanol–water partition coefficient (Wildman–Crippen LogP) is 6.51. The molecular weight excluding hydrogens is 428 g/mol. The van der Waals surface area contributed by atoms with E-state index in [1.54, 1.807) is 0 Å². The van der Waals surface area contributed by atoms with Crippen LogP contribution >= 0.6 is 46.5 Å². The number of amides is 1. The number of nitrogens with zero attached hydrogens (tertiary/aromatic N) is 1. The van der Waals surface area contributed by atoms with Gasteiger partial charge in [-0.25, -0.2) is 4.98 Å². The van der Waals surface area contributed by atoms with Crippen LogP contribution in [-0.2, 0) is 11.2 Å². The van der Waals surface area contributed by atoms with Gasteiger partial charge in [-0.2, -0.15) is 0 Å². The third-order valence-electron chi connectivity index (χ3n) is 4.27. The molecule has 1 aliphatic heterocycles. The Hall–Kier alpha value is -1.47. The molecule has 1 saturated heterocycles. The van der Waals surface area contributed by atoms with E-state index in [2.05, 4.69) is 22.4 Å². The van der Waals surface area contributed by atoms with E-state index in [4.69, 9.17) is 11.6 Å². The van der Waals surface area contributed by atoms with Crippen molar-refractivity contribution in [2.75, 3.05) is 16.8 Å². The van der Waals surface area contributed by atoms with Crippen molar-refractivity contribution in [1.82, 2.24) is 4.98 Å². The molecule has 1 N–H and O–H groups in total. The summed E-state index contributed by atoms with van der Waals surface area (Å²) in [5.41, 5.74) is 3.76. The van der Waals surface area contributed by atoms with E-state index in [-0.39, 0.29) is 12.3 Å². The molecule has 2 heterocycles. The molecule has 0 aliphatic carbocycles. The first-order chi connectivity index (χ1) is 13.7. The summed E-state index contributed by atoms with van der Waals surface area (Å²) in [6.07, 6.45) is 1.52. The maximum atomic E-state index is 12.5. The van der Waals surface area contributed by atoms with Gasteiger partial charge < -0.3 is 5.32 Å². The van der Waals surface area contributed by atoms with E-state index in [1.165, 1.54) is 34.8 Å². The Morgan fingerprint density at radius 3 is 2.79 bits per heavy atom. The third kappa shape index (κ3) is 4.92. The van der Waals surface area contributed by atoms with Crippen molar-refractivity contribution in [1.29, 1.82) is 0 Å². The van der Waals surface area contributed by atoms with Gasteiger partial charge in [0.15, 0.2) is 0 Å². The van der Waals surface area contributed by atoms with Crippen LogP contribution in [-0.4, -0.2) is 22.4 Å². The number of nitrogens with one attached hydrogen (secondary N) is 1. The topological polar surface area (TPSA) is 42.0 Å². The number of hydrogen-bond donors (Lipinski definition) is 1. The molecule has 0 radical (unpaired) electrons. The Labute approximate surface area is 182 Å². The molecule has 28 heavy (non-hydrogen) atoms. The molecule has 1 fully saturated rings. The van der Waals surface area contributed by atoms with Crippen LogP contribution in [0.5, 0.6) is 0 Å². The standard InChI is InChI=1S/C21H19ClN2OS3/c22-18-8-2-1-7-17(18)20-24-16(13-28-20)12-19(25)23-15-6-3-5-14(11-15)21-26-9-4-10-27-21/h1-3,5-8,11,13,21H,4,9-10,12H2,(H,23,25). The van der Waals surface area contributed by atoms with E-state index in [0.29, 0.717) is 9.60 Å². The lowest BCUT2D eigenvalue weighted by Gasteiger charge is -2.21. The molecule has 144 valence electrons. The van der Waals surface area contributed by atoms with Crippen LogP contribution in [0.4, 0.5) is 5.69 Å². The monoisotopic (exact) mass is 446 g/mol. The maximum absolute atomic E-state index is 12.5. The van der Waals surface area contributed by atoms with Gasteiger partial charge in [0.25, 0.3) is 0 Å². The number of halogens is 1. The summed E-state index contributed by atoms with van der Waals surface area (Å²) in [4.78, 5) is 17.1. The second-order valence-electron chi connectivity index (χ2n) is 6.40. The Kier molecular flexibility index (Phi) is 6.62. The maximum Gasteiger partial charge on any atom is 0.230 e. The smallest absolute Gasteiger partial charge is 0.230 e. The highest BCUT2D eigenvalue weighted by atomic mass is 35.5. The average molecular weight is 447 g/mol. The fraction of sp³-hybridized carbons (Fsp3) is 0.238. The minimum atomic E-state index is -0.0582. The SMILES string of the molecule is O=C(Cc1csc(-c2ccccc2Cl)n1)Nc1cccc(C2SCCCS2)c1. The zero-order valence-corrected chi connectivity index (χ0v) is 18.3. The fourth-order valence-corrected chi connectivity index (χ4v) is 6.97. The zero-order chi connectivity index (χ0) is 19.3. The summed E-state index contributed by atoms with van der Waals surface area (Å²) in [6, 6.07) is 15.8. The lowest BCUT2D eigenvalue weighted by atomic mass is 10.2. The molecule has 0 saturated carbocycles. The average Bonchev–Trinajstić information content (AvgIpc) is 3.17. The third-order valence-corrected chi connectivity index (χ3v) is 8.54. The molecule has 0 bridgehead atoms. The van der Waals surface area contributed by atoms with Gasteiger partial charge in [-0.15, -0.1) is 34.9 Å². The minimum absolute atomic E-state index is 0.0582. The molecule has 1 amide bonds. The summed E-state index contributed by atoms with van der Waals surface area (Å²) in [6.45, 7) is 0. The van der Waals surface area contributed by atoms with Gasteiger partial charge in [0.05, 0.1) is 21.7 Å². The van der Waals surface area contributed by atoms with Crippen LogP contribution in [0, 0.1) is 0 Å². The number of hydrogen-bond acceptors (Lipinski definition) is 5. The Morgan fingerprint density at radius 2 is 1.96 bits per heavy atom. The second-order valence-corrected chi connectivity index (χ2v) is 10.4. The van der Waals surface area contributed by atoms with Gasteiger partial charge in [-0.3, -0.25) is 4.79 Å². The van der Waals surface area contributed by atoms with Gasteiger partial charge in [-0.05, 0) is 41.7 Å². The number of carbonyl (C=O) groups is 1. The van der Waals surface area contributed by atoms with Crippen LogP contribution in [0.1, 0.15) is 22.3 Å². The Morgan fingerprint density at radius 1 is 1.14 bits per heavy atom. The van der Waals surface area contributed by atoms with Gasteiger partial charge in [0, 0.05) is 16.6 Å². The van der Waals surface area contributed by atoms with Gasteiger partial charge in [0.2, 0.25) is 5.91 Å². The van der Waals surface area contributed by atoms with E-state index < -0.39 is 0 Å². The molecule has 3 aromatic rings. The van der Waals surface area contributed by atoms with Crippen molar-refractivity contribution >= 4 is 58.1 Å². The molecule has 0 spiro atoms. The summed E-state index contributed by atoms with van der Waals surface area (Å²) >= 11 is 11.7. The van der Waals surface area contributed by atoms with Crippen molar-refractivity contribution < 1.29 is 4.79 Å². The number of benzene rings is 2. The van der Waals surface area contributed by atoms with Crippen LogP contribution < -0.4 is 5.32 Å². The second kappa shape index (κ2) is 9.35. The number of anilines is 1. The van der Waals surface area contributed by atoms with Crippen LogP contribution in [0.15, 0.2) is 53.9 Å². The van der Waals surface area contributed by atoms with Crippen LogP contribution in [0.2, 0.25) is 5.02 Å². The number of aromatic nitrogens is 1. The molecule has 4 rings (SSSR count). The van der Waals surface area contributed by atoms with Crippen LogP contribution in [0.25, 0.3) is 10.6 Å². The first kappa shape index (κ1) is 19.8. The number of thioether (sulfide) groups is 2. The number of carbonyl (C=O) groups excluding carboxylic acids is 1. The Balaban J connectivity index is 1.40. The quantitative estimate of drug-likeness (QED) is 0.484. The summed E-state index contributed by atoms with van der Waals surface area (Å²) in [5, 5.41) is 6.44. The largest absolute Gasteiger partial charge is 0.326 e. The molecule has 1 aliphatic rings. The zero-order valence-electron chi connectivity index (χ0n) is 15.1. The lowest BCUT2D eigenvalue weighted by Crippen LogP contribution is -2.14. The number of thiazole rings is 1. The molecule has 3 nitrogen and oxygen atoms in total. The molecule has 2 aromatic carbocycles. The van der Waals surface area contributed by atoms with Crippen molar-refractivity contribution in [3.05, 3.63) is 70.2 Å². The first-order valence-corrected chi connectivity index (χ1v) is 12.4. The highest BCUT2D eigenvalue weighted by Gasteiger charge is 2.17. The van der Waals surface area contributed by atoms with Crippen molar-refractivity contribution in [2.45, 2.75) is 17.4 Å². The van der Waals surface area contributed by atoms with E-state index >= 15 is 0 Å². The Bertz CT molecular complexity index is 970. The van der Waals surface area contributed by atoms with E-state index in [0.717, 1.165) is 22.0 Å². The molecule has 0 atom stereocenters. The number of rotatable bonds is 5. The van der Waals surface area contributed by atoms with Gasteiger partial charge >= 0.3 is 0 Å². The fourth-order valence-electron chi connectivity index (χ4n) is 2.96. The molecular formula is C21H19ClN2OS3. The summed E-state index contributed by atoms with van der Waals surface area (Å²) in [7, 11) is 0. The summed E-state index contributed by atoms with van der Waals surface area (Å²) in [5.74, 6) is 2.34. The highest BCUT2D eigenvalue weighted by Crippen LogP contribution is 2.44. The lowest BCUT2D eigenvalue weighted by molar-refractivity contribution is -0.115. The van der Waals surface area contributed by atoms with Crippen molar-refractivity contribution in [3.63, 3.8) is 0 Å². The minimum Gasteiger partial charge on any atom is -0.326 e. The van der Waals surface area contributed by atoms with E-state index in [9.17, 15) is 4.79 Å². The van der Waals surface area contributed by atoms with Crippen molar-refractivity contribution in [3.8, 4) is 10.6 Å². The first-order valence-electron chi connectivity index (χ1n) is 9.01. The van der Waals surface area contributed by atoms with Gasteiger partial charge in [0.1, 0.15) is 5.01 Å².